The molecule has 2 aromatic rings. The van der Waals surface area contributed by atoms with Gasteiger partial charge in [-0.2, -0.15) is 0 Å². The van der Waals surface area contributed by atoms with Crippen molar-refractivity contribution >= 4 is 71.7 Å². The second kappa shape index (κ2) is 8.50. The molecule has 0 bridgehead atoms. The molecule has 0 aliphatic carbocycles. The number of cyclic esters (lactones) is 1. The third-order valence-corrected chi connectivity index (χ3v) is 5.42. The Morgan fingerprint density at radius 3 is 2.44 bits per heavy atom. The Bertz CT molecular complexity index is 975. The van der Waals surface area contributed by atoms with Crippen LogP contribution in [0.1, 0.15) is 24.5 Å². The fourth-order valence-electron chi connectivity index (χ4n) is 2.26. The number of hydrogen-bond donors (Lipinski definition) is 0. The summed E-state index contributed by atoms with van der Waals surface area (Å²) >= 11 is 10.2. The lowest BCUT2D eigenvalue weighted by molar-refractivity contribution is -0.134. The molecule has 1 aliphatic heterocycles. The zero-order valence-electron chi connectivity index (χ0n) is 14.0. The molecular formula is C19H12Br3NO4. The highest BCUT2D eigenvalue weighted by molar-refractivity contribution is 9.11. The van der Waals surface area contributed by atoms with Crippen LogP contribution in [-0.4, -0.2) is 17.8 Å². The van der Waals surface area contributed by atoms with Gasteiger partial charge in [0.05, 0.1) is 14.5 Å². The van der Waals surface area contributed by atoms with Gasteiger partial charge in [-0.15, -0.1) is 0 Å². The van der Waals surface area contributed by atoms with Crippen LogP contribution < -0.4 is 4.74 Å². The number of aliphatic imine (C=N–C) groups is 1. The molecule has 1 aliphatic rings. The monoisotopic (exact) mass is 555 g/mol. The second-order valence-electron chi connectivity index (χ2n) is 5.46. The normalized spacial score (nSPS) is 14.9. The lowest BCUT2D eigenvalue weighted by Gasteiger charge is -2.09. The van der Waals surface area contributed by atoms with Crippen LogP contribution in [0.5, 0.6) is 5.75 Å². The maximum atomic E-state index is 12.2. The van der Waals surface area contributed by atoms with Crippen LogP contribution >= 0.6 is 47.8 Å². The van der Waals surface area contributed by atoms with Gasteiger partial charge in [-0.25, -0.2) is 9.79 Å². The predicted octanol–water partition coefficient (Wildman–Crippen LogP) is 5.63. The molecule has 0 spiro atoms. The SMILES string of the molecule is CCC(=O)Oc1c(Br)cc(/C=C2\N=C(c3ccccc3Br)OC2=O)cc1Br. The van der Waals surface area contributed by atoms with E-state index >= 15 is 0 Å². The van der Waals surface area contributed by atoms with E-state index < -0.39 is 5.97 Å². The molecule has 27 heavy (non-hydrogen) atoms. The first-order valence-corrected chi connectivity index (χ1v) is 10.2. The summed E-state index contributed by atoms with van der Waals surface area (Å²) in [5, 5.41) is 0. The van der Waals surface area contributed by atoms with E-state index in [4.69, 9.17) is 9.47 Å². The molecule has 3 rings (SSSR count). The van der Waals surface area contributed by atoms with E-state index in [0.717, 1.165) is 4.47 Å². The highest BCUT2D eigenvalue weighted by Gasteiger charge is 2.25. The fourth-order valence-corrected chi connectivity index (χ4v) is 4.10. The first kappa shape index (κ1) is 20.0. The summed E-state index contributed by atoms with van der Waals surface area (Å²) in [6.45, 7) is 1.72. The first-order chi connectivity index (χ1) is 12.9. The van der Waals surface area contributed by atoms with Gasteiger partial charge in [-0.05, 0) is 83.7 Å². The van der Waals surface area contributed by atoms with Gasteiger partial charge >= 0.3 is 11.9 Å². The smallest absolute Gasteiger partial charge is 0.363 e. The number of nitrogens with zero attached hydrogens (tertiary/aromatic N) is 1. The van der Waals surface area contributed by atoms with Crippen LogP contribution in [0.25, 0.3) is 6.08 Å². The number of carbonyl (C=O) groups is 2. The Balaban J connectivity index is 1.93. The van der Waals surface area contributed by atoms with Gasteiger partial charge in [0.15, 0.2) is 11.4 Å². The molecule has 2 aromatic carbocycles. The van der Waals surface area contributed by atoms with E-state index in [1.807, 2.05) is 24.3 Å². The maximum Gasteiger partial charge on any atom is 0.363 e. The average Bonchev–Trinajstić information content (AvgIpc) is 2.98. The third kappa shape index (κ3) is 4.56. The number of halogens is 3. The van der Waals surface area contributed by atoms with Crippen molar-refractivity contribution in [1.29, 1.82) is 0 Å². The van der Waals surface area contributed by atoms with Crippen molar-refractivity contribution in [3.63, 3.8) is 0 Å². The highest BCUT2D eigenvalue weighted by atomic mass is 79.9. The number of rotatable bonds is 4. The van der Waals surface area contributed by atoms with Gasteiger partial charge in [0.1, 0.15) is 0 Å². The number of carbonyl (C=O) groups excluding carboxylic acids is 2. The van der Waals surface area contributed by atoms with Crippen molar-refractivity contribution in [3.8, 4) is 5.75 Å². The van der Waals surface area contributed by atoms with E-state index in [1.54, 1.807) is 25.1 Å². The summed E-state index contributed by atoms with van der Waals surface area (Å²) in [5.74, 6) is -0.250. The maximum absolute atomic E-state index is 12.2. The zero-order valence-corrected chi connectivity index (χ0v) is 18.7. The van der Waals surface area contributed by atoms with Crippen LogP contribution in [0, 0.1) is 0 Å². The molecule has 8 heteroatoms. The van der Waals surface area contributed by atoms with Crippen LogP contribution in [0.4, 0.5) is 0 Å². The summed E-state index contributed by atoms with van der Waals surface area (Å²) in [6.07, 6.45) is 1.87. The molecular weight excluding hydrogens is 546 g/mol. The minimum Gasteiger partial charge on any atom is -0.424 e. The Morgan fingerprint density at radius 1 is 1.15 bits per heavy atom. The molecule has 0 N–H and O–H groups in total. The molecule has 0 saturated heterocycles. The summed E-state index contributed by atoms with van der Waals surface area (Å²) < 4.78 is 12.5. The lowest BCUT2D eigenvalue weighted by Crippen LogP contribution is -2.06. The number of ether oxygens (including phenoxy) is 2. The molecule has 0 aromatic heterocycles. The van der Waals surface area contributed by atoms with E-state index in [0.29, 0.717) is 25.8 Å². The fraction of sp³-hybridized carbons (Fsp3) is 0.105. The Kier molecular flexibility index (Phi) is 6.29. The van der Waals surface area contributed by atoms with Crippen LogP contribution in [0.2, 0.25) is 0 Å². The van der Waals surface area contributed by atoms with Crippen LogP contribution in [-0.2, 0) is 14.3 Å². The lowest BCUT2D eigenvalue weighted by atomic mass is 10.2. The van der Waals surface area contributed by atoms with Crippen molar-refractivity contribution in [2.24, 2.45) is 4.99 Å². The average molecular weight is 558 g/mol. The van der Waals surface area contributed by atoms with Crippen molar-refractivity contribution in [3.05, 3.63) is 66.6 Å². The first-order valence-electron chi connectivity index (χ1n) is 7.86. The number of benzene rings is 2. The summed E-state index contributed by atoms with van der Waals surface area (Å²) in [4.78, 5) is 28.0. The molecule has 5 nitrogen and oxygen atoms in total. The minimum absolute atomic E-state index is 0.179. The minimum atomic E-state index is -0.533. The van der Waals surface area contributed by atoms with E-state index in [-0.39, 0.29) is 24.0 Å². The van der Waals surface area contributed by atoms with Crippen molar-refractivity contribution in [1.82, 2.24) is 0 Å². The van der Waals surface area contributed by atoms with Gasteiger partial charge in [0, 0.05) is 10.9 Å². The Hall–Kier alpha value is -1.77. The van der Waals surface area contributed by atoms with Gasteiger partial charge < -0.3 is 9.47 Å². The molecule has 0 unspecified atom stereocenters. The van der Waals surface area contributed by atoms with Crippen molar-refractivity contribution in [2.45, 2.75) is 13.3 Å². The third-order valence-electron chi connectivity index (χ3n) is 3.55. The van der Waals surface area contributed by atoms with Gasteiger partial charge in [-0.1, -0.05) is 19.1 Å². The quantitative estimate of drug-likeness (QED) is 0.277. The molecule has 0 amide bonds. The summed E-state index contributed by atoms with van der Waals surface area (Å²) in [5.41, 5.74) is 1.56. The molecule has 138 valence electrons. The standard InChI is InChI=1S/C19H12Br3NO4/c1-2-16(24)26-17-13(21)7-10(8-14(17)22)9-15-19(25)27-18(23-15)11-5-3-4-6-12(11)20/h3-9H,2H2,1H3/b15-9-. The molecule has 0 radical (unpaired) electrons. The van der Waals surface area contributed by atoms with E-state index in [9.17, 15) is 9.59 Å². The molecule has 0 fully saturated rings. The number of hydrogen-bond acceptors (Lipinski definition) is 5. The van der Waals surface area contributed by atoms with E-state index in [1.165, 1.54) is 0 Å². The van der Waals surface area contributed by atoms with Gasteiger partial charge in [0.25, 0.3) is 0 Å². The predicted molar refractivity (Wildman–Crippen MR) is 113 cm³/mol. The Morgan fingerprint density at radius 2 is 1.81 bits per heavy atom. The van der Waals surface area contributed by atoms with Gasteiger partial charge in [-0.3, -0.25) is 4.79 Å². The topological polar surface area (TPSA) is 65.0 Å². The van der Waals surface area contributed by atoms with Crippen molar-refractivity contribution in [2.75, 3.05) is 0 Å². The van der Waals surface area contributed by atoms with Crippen LogP contribution in [0.3, 0.4) is 0 Å². The van der Waals surface area contributed by atoms with Crippen LogP contribution in [0.15, 0.2) is 60.5 Å². The zero-order chi connectivity index (χ0) is 19.6. The van der Waals surface area contributed by atoms with Crippen molar-refractivity contribution < 1.29 is 19.1 Å². The Labute approximate surface area is 180 Å². The highest BCUT2D eigenvalue weighted by Crippen LogP contribution is 2.36. The summed E-state index contributed by atoms with van der Waals surface area (Å²) in [7, 11) is 0. The second-order valence-corrected chi connectivity index (χ2v) is 8.02. The largest absolute Gasteiger partial charge is 0.424 e. The molecule has 0 atom stereocenters. The number of esters is 2. The molecule has 0 saturated carbocycles. The summed E-state index contributed by atoms with van der Waals surface area (Å²) in [6, 6.07) is 10.8. The molecule has 1 heterocycles. The van der Waals surface area contributed by atoms with Gasteiger partial charge in [0.2, 0.25) is 5.90 Å². The van der Waals surface area contributed by atoms with E-state index in [2.05, 4.69) is 52.8 Å².